The predicted molar refractivity (Wildman–Crippen MR) is 120 cm³/mol. The second-order valence-electron chi connectivity index (χ2n) is 6.66. The molecular weight excluding hydrogens is 452 g/mol. The normalized spacial score (nSPS) is 10.8. The average Bonchev–Trinajstić information content (AvgIpc) is 3.07. The number of aromatic nitrogens is 3. The first-order valence-electron chi connectivity index (χ1n) is 9.08. The minimum Gasteiger partial charge on any atom is -0.497 e. The van der Waals surface area contributed by atoms with Crippen molar-refractivity contribution < 1.29 is 9.53 Å². The van der Waals surface area contributed by atoms with Gasteiger partial charge in [0.2, 0.25) is 5.91 Å². The zero-order chi connectivity index (χ0) is 21.0. The summed E-state index contributed by atoms with van der Waals surface area (Å²) in [6.07, 6.45) is 0.664. The molecule has 0 radical (unpaired) electrons. The number of halogens is 1. The third kappa shape index (κ3) is 5.19. The molecule has 0 saturated heterocycles. The van der Waals surface area contributed by atoms with Crippen LogP contribution in [0.15, 0.2) is 46.0 Å². The third-order valence-corrected chi connectivity index (χ3v) is 6.65. The maximum Gasteiger partial charge on any atom is 0.234 e. The van der Waals surface area contributed by atoms with E-state index in [0.717, 1.165) is 38.4 Å². The van der Waals surface area contributed by atoms with Crippen LogP contribution in [0.5, 0.6) is 5.75 Å². The summed E-state index contributed by atoms with van der Waals surface area (Å²) in [5.74, 6) is 1.87. The number of hydrogen-bond donors (Lipinski definition) is 1. The fourth-order valence-electron chi connectivity index (χ4n) is 2.79. The molecule has 0 spiro atoms. The molecule has 0 bridgehead atoms. The highest BCUT2D eigenvalue weighted by atomic mass is 79.9. The number of carbonyl (C=O) groups is 1. The summed E-state index contributed by atoms with van der Waals surface area (Å²) in [6.45, 7) is 4.02. The van der Waals surface area contributed by atoms with Gasteiger partial charge in [0.05, 0.1) is 12.9 Å². The lowest BCUT2D eigenvalue weighted by molar-refractivity contribution is -0.113. The van der Waals surface area contributed by atoms with Gasteiger partial charge in [0.25, 0.3) is 0 Å². The number of thioether (sulfide) groups is 1. The summed E-state index contributed by atoms with van der Waals surface area (Å²) < 4.78 is 8.15. The maximum absolute atomic E-state index is 12.4. The number of amides is 1. The summed E-state index contributed by atoms with van der Waals surface area (Å²) in [5.41, 5.74) is 4.12. The Bertz CT molecular complexity index is 1020. The van der Waals surface area contributed by atoms with Crippen LogP contribution in [0.2, 0.25) is 0 Å². The molecule has 1 amide bonds. The highest BCUT2D eigenvalue weighted by Gasteiger charge is 2.13. The first kappa shape index (κ1) is 21.4. The van der Waals surface area contributed by atoms with E-state index in [0.29, 0.717) is 11.6 Å². The molecule has 1 heterocycles. The Hall–Kier alpha value is -2.32. The second-order valence-corrected chi connectivity index (χ2v) is 8.46. The Kier molecular flexibility index (Phi) is 6.97. The van der Waals surface area contributed by atoms with Crippen LogP contribution in [0, 0.1) is 13.8 Å². The number of nitrogens with one attached hydrogen (secondary N) is 1. The first-order valence-corrected chi connectivity index (χ1v) is 10.9. The molecule has 0 aliphatic heterocycles. The van der Waals surface area contributed by atoms with Gasteiger partial charge in [-0.25, -0.2) is 0 Å². The molecule has 0 aliphatic carbocycles. The molecule has 8 heteroatoms. The van der Waals surface area contributed by atoms with Gasteiger partial charge in [-0.1, -0.05) is 39.8 Å². The van der Waals surface area contributed by atoms with E-state index in [-0.39, 0.29) is 11.7 Å². The largest absolute Gasteiger partial charge is 0.497 e. The van der Waals surface area contributed by atoms with Crippen molar-refractivity contribution in [1.82, 2.24) is 14.8 Å². The van der Waals surface area contributed by atoms with E-state index >= 15 is 0 Å². The molecule has 1 N–H and O–H groups in total. The van der Waals surface area contributed by atoms with E-state index in [4.69, 9.17) is 4.74 Å². The summed E-state index contributed by atoms with van der Waals surface area (Å²) in [7, 11) is 3.57. The number of carbonyl (C=O) groups excluding carboxylic acids is 1. The average molecular weight is 475 g/mol. The highest BCUT2D eigenvalue weighted by molar-refractivity contribution is 9.10. The Balaban J connectivity index is 1.59. The van der Waals surface area contributed by atoms with Gasteiger partial charge in [-0.2, -0.15) is 0 Å². The number of methoxy groups -OCH3 is 1. The number of anilines is 1. The monoisotopic (exact) mass is 474 g/mol. The second kappa shape index (κ2) is 9.45. The zero-order valence-corrected chi connectivity index (χ0v) is 19.2. The molecule has 6 nitrogen and oxygen atoms in total. The lowest BCUT2D eigenvalue weighted by Gasteiger charge is -2.11. The molecule has 152 valence electrons. The topological polar surface area (TPSA) is 69.0 Å². The Morgan fingerprint density at radius 3 is 2.55 bits per heavy atom. The molecule has 29 heavy (non-hydrogen) atoms. The Labute approximate surface area is 183 Å². The Morgan fingerprint density at radius 2 is 1.86 bits per heavy atom. The predicted octanol–water partition coefficient (Wildman–Crippen LogP) is 4.52. The van der Waals surface area contributed by atoms with E-state index in [1.54, 1.807) is 7.11 Å². The first-order chi connectivity index (χ1) is 13.9. The van der Waals surface area contributed by atoms with Gasteiger partial charge in [-0.3, -0.25) is 4.79 Å². The van der Waals surface area contributed by atoms with Crippen LogP contribution in [-0.2, 0) is 18.3 Å². The SMILES string of the molecule is COc1ccc(Cc2nnc(SCC(=O)Nc3ccc(Br)c(C)c3C)n2C)cc1. The van der Waals surface area contributed by atoms with Crippen LogP contribution in [-0.4, -0.2) is 33.5 Å². The van der Waals surface area contributed by atoms with Gasteiger partial charge in [0.15, 0.2) is 5.16 Å². The molecule has 0 atom stereocenters. The van der Waals surface area contributed by atoms with E-state index in [9.17, 15) is 4.79 Å². The van der Waals surface area contributed by atoms with Gasteiger partial charge in [0, 0.05) is 23.6 Å². The van der Waals surface area contributed by atoms with Crippen molar-refractivity contribution in [2.75, 3.05) is 18.2 Å². The van der Waals surface area contributed by atoms with Crippen LogP contribution in [0.25, 0.3) is 0 Å². The van der Waals surface area contributed by atoms with Crippen LogP contribution in [0.4, 0.5) is 5.69 Å². The molecule has 2 aromatic carbocycles. The van der Waals surface area contributed by atoms with Gasteiger partial charge in [0.1, 0.15) is 11.6 Å². The number of rotatable bonds is 7. The number of hydrogen-bond acceptors (Lipinski definition) is 5. The van der Waals surface area contributed by atoms with E-state index < -0.39 is 0 Å². The maximum atomic E-state index is 12.4. The third-order valence-electron chi connectivity index (χ3n) is 4.77. The fourth-order valence-corrected chi connectivity index (χ4v) is 3.95. The molecule has 0 saturated carbocycles. The van der Waals surface area contributed by atoms with Crippen molar-refractivity contribution >= 4 is 39.3 Å². The van der Waals surface area contributed by atoms with Crippen LogP contribution in [0.1, 0.15) is 22.5 Å². The van der Waals surface area contributed by atoms with Crippen molar-refractivity contribution in [3.8, 4) is 5.75 Å². The van der Waals surface area contributed by atoms with Crippen molar-refractivity contribution in [1.29, 1.82) is 0 Å². The Morgan fingerprint density at radius 1 is 1.14 bits per heavy atom. The highest BCUT2D eigenvalue weighted by Crippen LogP contribution is 2.26. The van der Waals surface area contributed by atoms with E-state index in [1.807, 2.05) is 61.9 Å². The lowest BCUT2D eigenvalue weighted by atomic mass is 10.1. The zero-order valence-electron chi connectivity index (χ0n) is 16.8. The summed E-state index contributed by atoms with van der Waals surface area (Å²) >= 11 is 4.88. The van der Waals surface area contributed by atoms with Crippen LogP contribution in [0.3, 0.4) is 0 Å². The molecule has 0 fully saturated rings. The van der Waals surface area contributed by atoms with Crippen molar-refractivity contribution in [2.24, 2.45) is 7.05 Å². The van der Waals surface area contributed by atoms with Gasteiger partial charge in [-0.15, -0.1) is 10.2 Å². The smallest absolute Gasteiger partial charge is 0.234 e. The summed E-state index contributed by atoms with van der Waals surface area (Å²) in [5, 5.41) is 12.2. The number of benzene rings is 2. The number of ether oxygens (including phenoxy) is 1. The standard InChI is InChI=1S/C21H23BrN4O2S/c1-13-14(2)18(10-9-17(13)22)23-20(27)12-29-21-25-24-19(26(21)3)11-15-5-7-16(28-4)8-6-15/h5-10H,11-12H2,1-4H3,(H,23,27). The molecule has 3 aromatic rings. The van der Waals surface area contributed by atoms with E-state index in [2.05, 4.69) is 31.4 Å². The lowest BCUT2D eigenvalue weighted by Crippen LogP contribution is -2.15. The fraction of sp³-hybridized carbons (Fsp3) is 0.286. The van der Waals surface area contributed by atoms with Gasteiger partial charge in [-0.05, 0) is 54.8 Å². The molecule has 0 unspecified atom stereocenters. The summed E-state index contributed by atoms with van der Waals surface area (Å²) in [4.78, 5) is 12.4. The van der Waals surface area contributed by atoms with Crippen molar-refractivity contribution in [3.05, 3.63) is 63.4 Å². The quantitative estimate of drug-likeness (QED) is 0.509. The molecule has 1 aromatic heterocycles. The minimum atomic E-state index is -0.0699. The summed E-state index contributed by atoms with van der Waals surface area (Å²) in [6, 6.07) is 11.7. The van der Waals surface area contributed by atoms with E-state index in [1.165, 1.54) is 11.8 Å². The van der Waals surface area contributed by atoms with Gasteiger partial charge >= 0.3 is 0 Å². The molecular formula is C21H23BrN4O2S. The molecule has 3 rings (SSSR count). The van der Waals surface area contributed by atoms with Crippen LogP contribution < -0.4 is 10.1 Å². The van der Waals surface area contributed by atoms with Crippen LogP contribution >= 0.6 is 27.7 Å². The van der Waals surface area contributed by atoms with Crippen molar-refractivity contribution in [2.45, 2.75) is 25.4 Å². The van der Waals surface area contributed by atoms with Gasteiger partial charge < -0.3 is 14.6 Å². The molecule has 0 aliphatic rings. The van der Waals surface area contributed by atoms with Crippen molar-refractivity contribution in [3.63, 3.8) is 0 Å². The minimum absolute atomic E-state index is 0.0699. The number of nitrogens with zero attached hydrogens (tertiary/aromatic N) is 3.